The Morgan fingerprint density at radius 3 is 0.800 bits per heavy atom. The van der Waals surface area contributed by atoms with Gasteiger partial charge in [-0.25, -0.2) is 0 Å². The van der Waals surface area contributed by atoms with Gasteiger partial charge in [-0.2, -0.15) is 0 Å². The fourth-order valence-electron chi connectivity index (χ4n) is 0. The van der Waals surface area contributed by atoms with Crippen LogP contribution in [0, 0.1) is 7.43 Å². The normalized spacial score (nSPS) is 5.80. The van der Waals surface area contributed by atoms with Crippen molar-refractivity contribution in [3.63, 3.8) is 0 Å². The molecule has 0 aromatic carbocycles. The van der Waals surface area contributed by atoms with Crippen molar-refractivity contribution >= 4 is 10.4 Å². The molecule has 0 unspecified atom stereocenters. The van der Waals surface area contributed by atoms with E-state index in [9.17, 15) is 0 Å². The van der Waals surface area contributed by atoms with Crippen molar-refractivity contribution in [2.75, 3.05) is 0 Å². The van der Waals surface area contributed by atoms with Crippen molar-refractivity contribution in [1.82, 2.24) is 0 Å². The number of rotatable bonds is 0. The van der Waals surface area contributed by atoms with Crippen LogP contribution in [0.25, 0.3) is 0 Å². The van der Waals surface area contributed by atoms with Gasteiger partial charge in [0, 0.05) is 10.4 Å². The minimum atomic E-state index is -5.17. The van der Waals surface area contributed by atoms with Crippen LogP contribution in [0.5, 0.6) is 0 Å². The Morgan fingerprint density at radius 2 is 0.800 bits per heavy atom. The van der Waals surface area contributed by atoms with E-state index in [4.69, 9.17) is 17.5 Å². The molecule has 0 aliphatic carbocycles. The van der Waals surface area contributed by atoms with E-state index in [0.717, 1.165) is 0 Å². The van der Waals surface area contributed by atoms with E-state index in [1.54, 1.807) is 0 Å². The molecule has 0 saturated carbocycles. The predicted molar refractivity (Wildman–Crippen MR) is 16.9 cm³/mol. The summed E-state index contributed by atoms with van der Waals surface area (Å²) in [7, 11) is -5.17. The maximum absolute atomic E-state index is 8.52. The zero-order valence-corrected chi connectivity index (χ0v) is 15.9. The van der Waals surface area contributed by atoms with E-state index in [1.807, 2.05) is 0 Å². The molecule has 0 N–H and O–H groups in total. The zero-order valence-electron chi connectivity index (χ0n) is 7.04. The van der Waals surface area contributed by atoms with E-state index in [1.165, 1.54) is 0 Å². The van der Waals surface area contributed by atoms with Crippen LogP contribution < -0.4 is 118 Å². The third-order valence-electron chi connectivity index (χ3n) is 0. The molecule has 9 heteroatoms. The van der Waals surface area contributed by atoms with Gasteiger partial charge in [-0.05, 0) is 0 Å². The molecule has 0 atom stereocenters. The SMILES string of the molecule is O=S(=O)([O-])[O-].[CH3-].[Na+].[Na+].[Na+].[Na+]. The summed E-state index contributed by atoms with van der Waals surface area (Å²) in [4.78, 5) is 0. The van der Waals surface area contributed by atoms with Crippen LogP contribution in [-0.2, 0) is 10.4 Å². The molecule has 10 heavy (non-hydrogen) atoms. The average molecular weight is 203 g/mol. The molecule has 0 spiro atoms. The minimum absolute atomic E-state index is 0. The van der Waals surface area contributed by atoms with E-state index in [-0.39, 0.29) is 126 Å². The molecule has 40 valence electrons. The van der Waals surface area contributed by atoms with Gasteiger partial charge >= 0.3 is 118 Å². The van der Waals surface area contributed by atoms with Gasteiger partial charge in [0.25, 0.3) is 0 Å². The molecule has 0 aliphatic rings. The summed E-state index contributed by atoms with van der Waals surface area (Å²) < 4.78 is 34.1. The first-order valence-corrected chi connectivity index (χ1v) is 2.00. The van der Waals surface area contributed by atoms with Crippen LogP contribution in [0.4, 0.5) is 0 Å². The Kier molecular flexibility index (Phi) is 69.0. The fraction of sp³-hybridized carbons (Fsp3) is 0. The van der Waals surface area contributed by atoms with Gasteiger partial charge < -0.3 is 16.5 Å². The fourth-order valence-corrected chi connectivity index (χ4v) is 0. The van der Waals surface area contributed by atoms with Gasteiger partial charge in [0.05, 0.1) is 0 Å². The topological polar surface area (TPSA) is 80.3 Å². The van der Waals surface area contributed by atoms with Gasteiger partial charge in [0.1, 0.15) is 0 Å². The first-order chi connectivity index (χ1) is 2.00. The van der Waals surface area contributed by atoms with Crippen molar-refractivity contribution in [3.8, 4) is 0 Å². The van der Waals surface area contributed by atoms with Crippen molar-refractivity contribution in [2.24, 2.45) is 0 Å². The summed E-state index contributed by atoms with van der Waals surface area (Å²) >= 11 is 0. The summed E-state index contributed by atoms with van der Waals surface area (Å²) in [6.45, 7) is 0. The second kappa shape index (κ2) is 18.6. The Balaban J connectivity index is -0.00000000800. The van der Waals surface area contributed by atoms with Crippen molar-refractivity contribution in [3.05, 3.63) is 7.43 Å². The Morgan fingerprint density at radius 1 is 0.800 bits per heavy atom. The van der Waals surface area contributed by atoms with E-state index < -0.39 is 10.4 Å². The monoisotopic (exact) mass is 203 g/mol. The Labute approximate surface area is 150 Å². The largest absolute Gasteiger partial charge is 1.00 e. The van der Waals surface area contributed by atoms with Gasteiger partial charge in [-0.3, -0.25) is 8.42 Å². The van der Waals surface area contributed by atoms with Crippen molar-refractivity contribution in [2.45, 2.75) is 0 Å². The molecule has 0 aliphatic heterocycles. The second-order valence-electron chi connectivity index (χ2n) is 0.408. The van der Waals surface area contributed by atoms with Crippen LogP contribution in [-0.4, -0.2) is 17.5 Å². The summed E-state index contributed by atoms with van der Waals surface area (Å²) in [5, 5.41) is 0. The maximum atomic E-state index is 8.52. The van der Waals surface area contributed by atoms with Gasteiger partial charge in [0.15, 0.2) is 0 Å². The molecule has 4 nitrogen and oxygen atoms in total. The van der Waals surface area contributed by atoms with Crippen LogP contribution in [0.3, 0.4) is 0 Å². The first-order valence-electron chi connectivity index (χ1n) is 0.667. The summed E-state index contributed by atoms with van der Waals surface area (Å²) in [5.74, 6) is 0. The molecule has 0 rings (SSSR count). The van der Waals surface area contributed by atoms with E-state index >= 15 is 0 Å². The maximum Gasteiger partial charge on any atom is 1.00 e. The van der Waals surface area contributed by atoms with Crippen LogP contribution >= 0.6 is 0 Å². The van der Waals surface area contributed by atoms with E-state index in [0.29, 0.717) is 0 Å². The summed E-state index contributed by atoms with van der Waals surface area (Å²) in [6.07, 6.45) is 0. The quantitative estimate of drug-likeness (QED) is 0.169. The molecule has 0 radical (unpaired) electrons. The van der Waals surface area contributed by atoms with Crippen LogP contribution in [0.2, 0.25) is 0 Å². The smallest absolute Gasteiger partial charge is 0.759 e. The van der Waals surface area contributed by atoms with Crippen LogP contribution in [0.1, 0.15) is 0 Å². The summed E-state index contributed by atoms with van der Waals surface area (Å²) in [6, 6.07) is 0. The molecule has 0 aromatic heterocycles. The molecular formula is CH3Na4O4S+. The first kappa shape index (κ1) is 37.1. The average Bonchev–Trinajstić information content (AvgIpc) is 0.722. The molecule has 0 fully saturated rings. The number of hydrogen-bond donors (Lipinski definition) is 0. The zero-order chi connectivity index (χ0) is 4.50. The van der Waals surface area contributed by atoms with Crippen molar-refractivity contribution in [1.29, 1.82) is 0 Å². The molecule has 0 amide bonds. The standard InChI is InChI=1S/CH3.4Na.H2O4S/c;;;;;1-5(2,3)4/h1H3;;;;;(H2,1,2,3,4)/q-1;4*+1;/p-2. The second-order valence-corrected chi connectivity index (χ2v) is 1.22. The van der Waals surface area contributed by atoms with Gasteiger partial charge in [-0.15, -0.1) is 0 Å². The minimum Gasteiger partial charge on any atom is -0.759 e. The third-order valence-corrected chi connectivity index (χ3v) is 0. The summed E-state index contributed by atoms with van der Waals surface area (Å²) in [5.41, 5.74) is 0. The third kappa shape index (κ3) is 93.6. The molecule has 0 bridgehead atoms. The van der Waals surface area contributed by atoms with Crippen LogP contribution in [0.15, 0.2) is 0 Å². The van der Waals surface area contributed by atoms with Crippen molar-refractivity contribution < 1.29 is 136 Å². The number of hydrogen-bond acceptors (Lipinski definition) is 4. The molecule has 0 saturated heterocycles. The van der Waals surface area contributed by atoms with Gasteiger partial charge in [0.2, 0.25) is 0 Å². The Bertz CT molecular complexity index is 100. The predicted octanol–water partition coefficient (Wildman–Crippen LogP) is -12.9. The Hall–Kier alpha value is 3.87. The molecular weight excluding hydrogens is 200 g/mol. The molecule has 0 aromatic rings. The van der Waals surface area contributed by atoms with E-state index in [2.05, 4.69) is 0 Å². The molecule has 0 heterocycles. The van der Waals surface area contributed by atoms with Gasteiger partial charge in [-0.1, -0.05) is 0 Å².